The number of hydrogen-bond donors (Lipinski definition) is 2. The van der Waals surface area contributed by atoms with Crippen molar-refractivity contribution in [3.8, 4) is 0 Å². The molecule has 0 aliphatic heterocycles. The van der Waals surface area contributed by atoms with Crippen molar-refractivity contribution in [3.63, 3.8) is 0 Å². The van der Waals surface area contributed by atoms with E-state index in [1.807, 2.05) is 6.08 Å². The van der Waals surface area contributed by atoms with Crippen LogP contribution in [0.1, 0.15) is 24.8 Å². The van der Waals surface area contributed by atoms with Crippen molar-refractivity contribution in [3.05, 3.63) is 42.0 Å². The van der Waals surface area contributed by atoms with Crippen LogP contribution in [-0.2, 0) is 16.0 Å². The summed E-state index contributed by atoms with van der Waals surface area (Å²) in [5, 5.41) is 11.6. The van der Waals surface area contributed by atoms with Crippen LogP contribution >= 0.6 is 0 Å². The maximum Gasteiger partial charge on any atom is 0.307 e. The van der Waals surface area contributed by atoms with Gasteiger partial charge in [0.1, 0.15) is 0 Å². The second-order valence-corrected chi connectivity index (χ2v) is 4.74. The Labute approximate surface area is 112 Å². The van der Waals surface area contributed by atoms with E-state index in [4.69, 9.17) is 5.11 Å². The molecule has 1 aliphatic rings. The molecule has 1 atom stereocenters. The third kappa shape index (κ3) is 3.95. The van der Waals surface area contributed by atoms with Crippen LogP contribution in [0.5, 0.6) is 0 Å². The summed E-state index contributed by atoms with van der Waals surface area (Å²) in [5.74, 6) is -0.842. The molecule has 100 valence electrons. The smallest absolute Gasteiger partial charge is 0.307 e. The molecule has 1 aromatic carbocycles. The molecule has 19 heavy (non-hydrogen) atoms. The second kappa shape index (κ2) is 6.18. The van der Waals surface area contributed by atoms with Gasteiger partial charge in [-0.1, -0.05) is 24.3 Å². The summed E-state index contributed by atoms with van der Waals surface area (Å²) in [6.07, 6.45) is 6.69. The Bertz CT molecular complexity index is 508. The summed E-state index contributed by atoms with van der Waals surface area (Å²) in [4.78, 5) is 22.7. The molecule has 1 unspecified atom stereocenters. The Hall–Kier alpha value is -2.10. The lowest BCUT2D eigenvalue weighted by Crippen LogP contribution is -2.23. The summed E-state index contributed by atoms with van der Waals surface area (Å²) in [5.41, 5.74) is 1.35. The fraction of sp³-hybridized carbons (Fsp3) is 0.333. The predicted molar refractivity (Wildman–Crippen MR) is 72.9 cm³/mol. The molecule has 0 radical (unpaired) electrons. The quantitative estimate of drug-likeness (QED) is 0.817. The maximum absolute atomic E-state index is 12.0. The molecule has 0 bridgehead atoms. The van der Waals surface area contributed by atoms with E-state index >= 15 is 0 Å². The molecule has 0 aromatic heterocycles. The molecule has 1 amide bonds. The molecule has 0 fully saturated rings. The van der Waals surface area contributed by atoms with Gasteiger partial charge in [-0.05, 0) is 37.0 Å². The standard InChI is InChI=1S/C15H17NO3/c17-14(18)10-11-5-4-8-13(9-11)16-15(19)12-6-2-1-3-7-12/h1-2,4-5,8-9,12H,3,6-7,10H2,(H,16,19)(H,17,18). The lowest BCUT2D eigenvalue weighted by atomic mass is 9.93. The van der Waals surface area contributed by atoms with Gasteiger partial charge in [-0.2, -0.15) is 0 Å². The SMILES string of the molecule is O=C(O)Cc1cccc(NC(=O)C2CC=CCC2)c1. The van der Waals surface area contributed by atoms with Crippen LogP contribution in [0.4, 0.5) is 5.69 Å². The highest BCUT2D eigenvalue weighted by Crippen LogP contribution is 2.20. The number of hydrogen-bond acceptors (Lipinski definition) is 2. The first-order chi connectivity index (χ1) is 9.15. The third-order valence-corrected chi connectivity index (χ3v) is 3.19. The number of carboxylic acids is 1. The minimum absolute atomic E-state index is 0.0109. The molecule has 2 N–H and O–H groups in total. The Morgan fingerprint density at radius 1 is 1.32 bits per heavy atom. The summed E-state index contributed by atoms with van der Waals surface area (Å²) >= 11 is 0. The van der Waals surface area contributed by atoms with Crippen molar-refractivity contribution in [1.82, 2.24) is 0 Å². The maximum atomic E-state index is 12.0. The van der Waals surface area contributed by atoms with E-state index in [0.717, 1.165) is 19.3 Å². The van der Waals surface area contributed by atoms with Crippen LogP contribution < -0.4 is 5.32 Å². The lowest BCUT2D eigenvalue weighted by molar-refractivity contribution is -0.136. The number of anilines is 1. The van der Waals surface area contributed by atoms with Crippen LogP contribution in [-0.4, -0.2) is 17.0 Å². The second-order valence-electron chi connectivity index (χ2n) is 4.74. The highest BCUT2D eigenvalue weighted by Gasteiger charge is 2.18. The van der Waals surface area contributed by atoms with E-state index in [-0.39, 0.29) is 18.2 Å². The number of rotatable bonds is 4. The summed E-state index contributed by atoms with van der Waals surface area (Å²) in [7, 11) is 0. The van der Waals surface area contributed by atoms with Crippen molar-refractivity contribution in [2.45, 2.75) is 25.7 Å². The summed E-state index contributed by atoms with van der Waals surface area (Å²) < 4.78 is 0. The van der Waals surface area contributed by atoms with Crippen LogP contribution in [0.15, 0.2) is 36.4 Å². The average Bonchev–Trinajstić information content (AvgIpc) is 2.39. The Balaban J connectivity index is 2.00. The van der Waals surface area contributed by atoms with E-state index in [1.54, 1.807) is 24.3 Å². The first kappa shape index (κ1) is 13.3. The molecule has 4 heteroatoms. The molecule has 0 saturated carbocycles. The zero-order chi connectivity index (χ0) is 13.7. The molecule has 4 nitrogen and oxygen atoms in total. The largest absolute Gasteiger partial charge is 0.481 e. The molecule has 0 saturated heterocycles. The minimum Gasteiger partial charge on any atom is -0.481 e. The van der Waals surface area contributed by atoms with Gasteiger partial charge in [0.05, 0.1) is 6.42 Å². The number of benzene rings is 1. The van der Waals surface area contributed by atoms with E-state index in [0.29, 0.717) is 11.3 Å². The van der Waals surface area contributed by atoms with E-state index in [9.17, 15) is 9.59 Å². The van der Waals surface area contributed by atoms with Gasteiger partial charge in [-0.3, -0.25) is 9.59 Å². The normalized spacial score (nSPS) is 18.0. The Morgan fingerprint density at radius 2 is 2.16 bits per heavy atom. The van der Waals surface area contributed by atoms with E-state index in [1.165, 1.54) is 0 Å². The van der Waals surface area contributed by atoms with Crippen molar-refractivity contribution < 1.29 is 14.7 Å². The zero-order valence-corrected chi connectivity index (χ0v) is 10.6. The fourth-order valence-corrected chi connectivity index (χ4v) is 2.21. The number of amides is 1. The van der Waals surface area contributed by atoms with E-state index < -0.39 is 5.97 Å². The highest BCUT2D eigenvalue weighted by atomic mass is 16.4. The van der Waals surface area contributed by atoms with Crippen LogP contribution in [0.25, 0.3) is 0 Å². The van der Waals surface area contributed by atoms with Crippen molar-refractivity contribution in [2.24, 2.45) is 5.92 Å². The molecule has 1 aliphatic carbocycles. The minimum atomic E-state index is -0.874. The van der Waals surface area contributed by atoms with Gasteiger partial charge in [0, 0.05) is 11.6 Å². The first-order valence-corrected chi connectivity index (χ1v) is 6.42. The molecule has 0 spiro atoms. The Morgan fingerprint density at radius 3 is 2.84 bits per heavy atom. The van der Waals surface area contributed by atoms with Crippen LogP contribution in [0.2, 0.25) is 0 Å². The molecular weight excluding hydrogens is 242 g/mol. The summed E-state index contributed by atoms with van der Waals surface area (Å²) in [6.45, 7) is 0. The number of nitrogens with one attached hydrogen (secondary N) is 1. The van der Waals surface area contributed by atoms with Gasteiger partial charge in [0.15, 0.2) is 0 Å². The number of carboxylic acid groups (broad SMARTS) is 1. The van der Waals surface area contributed by atoms with Gasteiger partial charge < -0.3 is 10.4 Å². The zero-order valence-electron chi connectivity index (χ0n) is 10.6. The number of aliphatic carboxylic acids is 1. The number of carbonyl (C=O) groups excluding carboxylic acids is 1. The van der Waals surface area contributed by atoms with Gasteiger partial charge in [-0.15, -0.1) is 0 Å². The van der Waals surface area contributed by atoms with Crippen LogP contribution in [0, 0.1) is 5.92 Å². The van der Waals surface area contributed by atoms with Gasteiger partial charge in [0.25, 0.3) is 0 Å². The molecule has 1 aromatic rings. The van der Waals surface area contributed by atoms with Crippen molar-refractivity contribution >= 4 is 17.6 Å². The fourth-order valence-electron chi connectivity index (χ4n) is 2.21. The average molecular weight is 259 g/mol. The topological polar surface area (TPSA) is 66.4 Å². The van der Waals surface area contributed by atoms with Gasteiger partial charge in [0.2, 0.25) is 5.91 Å². The lowest BCUT2D eigenvalue weighted by Gasteiger charge is -2.17. The summed E-state index contributed by atoms with van der Waals surface area (Å²) in [6, 6.07) is 6.99. The monoisotopic (exact) mass is 259 g/mol. The van der Waals surface area contributed by atoms with Crippen LogP contribution in [0.3, 0.4) is 0 Å². The molecule has 2 rings (SSSR count). The first-order valence-electron chi connectivity index (χ1n) is 6.42. The van der Waals surface area contributed by atoms with Crippen molar-refractivity contribution in [1.29, 1.82) is 0 Å². The Kier molecular flexibility index (Phi) is 4.34. The number of carbonyl (C=O) groups is 2. The molecular formula is C15H17NO3. The van der Waals surface area contributed by atoms with E-state index in [2.05, 4.69) is 11.4 Å². The predicted octanol–water partition coefficient (Wildman–Crippen LogP) is 2.61. The third-order valence-electron chi connectivity index (χ3n) is 3.19. The highest BCUT2D eigenvalue weighted by molar-refractivity contribution is 5.92. The van der Waals surface area contributed by atoms with Crippen molar-refractivity contribution in [2.75, 3.05) is 5.32 Å². The number of allylic oxidation sites excluding steroid dienone is 2. The van der Waals surface area contributed by atoms with Gasteiger partial charge >= 0.3 is 5.97 Å². The van der Waals surface area contributed by atoms with Gasteiger partial charge in [-0.25, -0.2) is 0 Å². The molecule has 0 heterocycles.